The minimum absolute atomic E-state index is 0.156. The van der Waals surface area contributed by atoms with E-state index in [0.717, 1.165) is 28.1 Å². The van der Waals surface area contributed by atoms with Gasteiger partial charge in [0.25, 0.3) is 5.91 Å². The summed E-state index contributed by atoms with van der Waals surface area (Å²) < 4.78 is 0. The van der Waals surface area contributed by atoms with Gasteiger partial charge in [-0.05, 0) is 49.2 Å². The van der Waals surface area contributed by atoms with E-state index in [1.807, 2.05) is 92.7 Å². The number of thioether (sulfide) groups is 1. The van der Waals surface area contributed by atoms with Gasteiger partial charge in [0.05, 0.1) is 10.9 Å². The molecule has 0 spiro atoms. The number of fused-ring (bicyclic) bond motifs is 3. The van der Waals surface area contributed by atoms with Crippen LogP contribution in [-0.2, 0) is 9.59 Å². The molecule has 6 nitrogen and oxygen atoms in total. The first-order chi connectivity index (χ1) is 16.0. The smallest absolute Gasteiger partial charge is 0.263 e. The largest absolute Gasteiger partial charge is 0.325 e. The third-order valence-corrected chi connectivity index (χ3v) is 6.57. The van der Waals surface area contributed by atoms with Crippen molar-refractivity contribution in [2.45, 2.75) is 25.1 Å². The second kappa shape index (κ2) is 8.67. The van der Waals surface area contributed by atoms with Gasteiger partial charge < -0.3 is 5.32 Å². The molecule has 2 aliphatic rings. The van der Waals surface area contributed by atoms with Gasteiger partial charge in [-0.3, -0.25) is 9.59 Å². The molecule has 2 amide bonds. The van der Waals surface area contributed by atoms with Gasteiger partial charge in [0.2, 0.25) is 5.91 Å². The number of amidine groups is 2. The van der Waals surface area contributed by atoms with E-state index in [0.29, 0.717) is 11.0 Å². The fourth-order valence-corrected chi connectivity index (χ4v) is 4.77. The number of nitrogens with one attached hydrogen (secondary N) is 1. The average Bonchev–Trinajstić information content (AvgIpc) is 3.17. The molecule has 1 N–H and O–H groups in total. The molecule has 2 heterocycles. The van der Waals surface area contributed by atoms with Crippen molar-refractivity contribution in [3.05, 3.63) is 95.6 Å². The number of nitrogens with zero attached hydrogens (tertiary/aromatic N) is 3. The molecular formula is C26H22N4O2S. The summed E-state index contributed by atoms with van der Waals surface area (Å²) in [5, 5.41) is 2.94. The average molecular weight is 455 g/mol. The molecule has 0 unspecified atom stereocenters. The maximum absolute atomic E-state index is 13.5. The van der Waals surface area contributed by atoms with Crippen molar-refractivity contribution in [3.63, 3.8) is 0 Å². The zero-order chi connectivity index (χ0) is 22.9. The first-order valence-corrected chi connectivity index (χ1v) is 11.6. The van der Waals surface area contributed by atoms with Crippen LogP contribution in [0, 0.1) is 6.92 Å². The lowest BCUT2D eigenvalue weighted by Crippen LogP contribution is -2.41. The van der Waals surface area contributed by atoms with E-state index in [9.17, 15) is 9.59 Å². The monoisotopic (exact) mass is 454 g/mol. The molecule has 7 heteroatoms. The second-order valence-corrected chi connectivity index (χ2v) is 9.28. The topological polar surface area (TPSA) is 74.1 Å². The Morgan fingerprint density at radius 1 is 1.03 bits per heavy atom. The number of aryl methyl sites for hydroxylation is 1. The van der Waals surface area contributed by atoms with Gasteiger partial charge in [-0.2, -0.15) is 0 Å². The highest BCUT2D eigenvalue weighted by Crippen LogP contribution is 2.38. The van der Waals surface area contributed by atoms with Gasteiger partial charge in [0.1, 0.15) is 5.84 Å². The summed E-state index contributed by atoms with van der Waals surface area (Å²) in [5.41, 5.74) is 4.19. The molecule has 33 heavy (non-hydrogen) atoms. The van der Waals surface area contributed by atoms with E-state index >= 15 is 0 Å². The van der Waals surface area contributed by atoms with Gasteiger partial charge in [-0.1, -0.05) is 66.4 Å². The second-order valence-electron chi connectivity index (χ2n) is 7.97. The number of benzene rings is 3. The van der Waals surface area contributed by atoms with Crippen LogP contribution in [0.25, 0.3) is 0 Å². The standard InChI is InChI=1S/C26H22N4O2S/c1-16-9-8-12-19(15-16)27-24(31)17(2)33-26-28-21-14-7-6-13-20(21)23-29-22(25(32)30(23)26)18-10-4-3-5-11-18/h3-15,17,22H,1-2H3,(H,27,31)/t17-,22+/m1/s1. The van der Waals surface area contributed by atoms with Crippen LogP contribution in [0.3, 0.4) is 0 Å². The summed E-state index contributed by atoms with van der Waals surface area (Å²) in [4.78, 5) is 37.4. The number of anilines is 1. The highest BCUT2D eigenvalue weighted by molar-refractivity contribution is 8.15. The molecule has 2 atom stereocenters. The Bertz CT molecular complexity index is 1300. The minimum atomic E-state index is -0.630. The van der Waals surface area contributed by atoms with E-state index in [-0.39, 0.29) is 11.8 Å². The molecule has 0 saturated carbocycles. The number of hydrogen-bond donors (Lipinski definition) is 1. The SMILES string of the molecule is Cc1cccc(NC(=O)[C@@H](C)SC2=Nc3ccccc3C3=N[C@@H](c4ccccc4)C(=O)N23)c1. The van der Waals surface area contributed by atoms with Crippen LogP contribution < -0.4 is 5.32 Å². The van der Waals surface area contributed by atoms with E-state index in [2.05, 4.69) is 5.32 Å². The molecule has 3 aromatic carbocycles. The summed E-state index contributed by atoms with van der Waals surface area (Å²) in [7, 11) is 0. The molecule has 5 rings (SSSR count). The van der Waals surface area contributed by atoms with Gasteiger partial charge in [0.15, 0.2) is 11.2 Å². The van der Waals surface area contributed by atoms with Crippen LogP contribution in [0.1, 0.15) is 29.7 Å². The van der Waals surface area contributed by atoms with Crippen molar-refractivity contribution in [3.8, 4) is 0 Å². The maximum atomic E-state index is 13.5. The van der Waals surface area contributed by atoms with Crippen LogP contribution in [-0.4, -0.2) is 33.0 Å². The first-order valence-electron chi connectivity index (χ1n) is 10.7. The molecule has 0 radical (unpaired) electrons. The number of rotatable bonds is 4. The molecule has 3 aromatic rings. The Morgan fingerprint density at radius 2 is 1.79 bits per heavy atom. The first kappa shape index (κ1) is 21.2. The third kappa shape index (κ3) is 4.07. The zero-order valence-corrected chi connectivity index (χ0v) is 19.0. The van der Waals surface area contributed by atoms with E-state index in [4.69, 9.17) is 9.98 Å². The number of amides is 2. The van der Waals surface area contributed by atoms with Crippen LogP contribution in [0.15, 0.2) is 88.8 Å². The lowest BCUT2D eigenvalue weighted by atomic mass is 10.1. The highest BCUT2D eigenvalue weighted by atomic mass is 32.2. The molecule has 2 aliphatic heterocycles. The quantitative estimate of drug-likeness (QED) is 0.597. The van der Waals surface area contributed by atoms with Crippen molar-refractivity contribution in [1.29, 1.82) is 0 Å². The van der Waals surface area contributed by atoms with Crippen LogP contribution in [0.2, 0.25) is 0 Å². The lowest BCUT2D eigenvalue weighted by molar-refractivity contribution is -0.124. The Labute approximate surface area is 196 Å². The predicted octanol–water partition coefficient (Wildman–Crippen LogP) is 5.09. The van der Waals surface area contributed by atoms with Crippen molar-refractivity contribution in [1.82, 2.24) is 4.90 Å². The van der Waals surface area contributed by atoms with Gasteiger partial charge in [0, 0.05) is 11.3 Å². The Hall–Kier alpha value is -3.71. The van der Waals surface area contributed by atoms with Crippen molar-refractivity contribution in [2.75, 3.05) is 5.32 Å². The van der Waals surface area contributed by atoms with Crippen molar-refractivity contribution < 1.29 is 9.59 Å². The molecule has 164 valence electrons. The minimum Gasteiger partial charge on any atom is -0.325 e. The number of carbonyl (C=O) groups excluding carboxylic acids is 2. The summed E-state index contributed by atoms with van der Waals surface area (Å²) in [6.45, 7) is 3.79. The third-order valence-electron chi connectivity index (χ3n) is 5.52. The van der Waals surface area contributed by atoms with Crippen molar-refractivity contribution >= 4 is 46.0 Å². The fraction of sp³-hybridized carbons (Fsp3) is 0.154. The van der Waals surface area contributed by atoms with Crippen LogP contribution >= 0.6 is 11.8 Å². The van der Waals surface area contributed by atoms with E-state index < -0.39 is 11.3 Å². The Balaban J connectivity index is 1.44. The van der Waals surface area contributed by atoms with Gasteiger partial charge >= 0.3 is 0 Å². The molecule has 0 saturated heterocycles. The summed E-state index contributed by atoms with van der Waals surface area (Å²) in [6.07, 6.45) is 0. The van der Waals surface area contributed by atoms with Crippen molar-refractivity contribution in [2.24, 2.45) is 9.98 Å². The highest BCUT2D eigenvalue weighted by Gasteiger charge is 2.42. The normalized spacial score (nSPS) is 17.6. The molecule has 0 fully saturated rings. The molecule has 0 aromatic heterocycles. The van der Waals surface area contributed by atoms with E-state index in [1.54, 1.807) is 4.90 Å². The molecule has 0 aliphatic carbocycles. The molecule has 0 bridgehead atoms. The molecular weight excluding hydrogens is 432 g/mol. The van der Waals surface area contributed by atoms with Gasteiger partial charge in [-0.25, -0.2) is 14.9 Å². The van der Waals surface area contributed by atoms with Crippen LogP contribution in [0.5, 0.6) is 0 Å². The van der Waals surface area contributed by atoms with E-state index in [1.165, 1.54) is 11.8 Å². The Morgan fingerprint density at radius 3 is 2.58 bits per heavy atom. The fourth-order valence-electron chi connectivity index (χ4n) is 3.86. The maximum Gasteiger partial charge on any atom is 0.263 e. The number of hydrogen-bond acceptors (Lipinski definition) is 5. The summed E-state index contributed by atoms with van der Waals surface area (Å²) in [6, 6.07) is 24.2. The number of para-hydroxylation sites is 1. The lowest BCUT2D eigenvalue weighted by Gasteiger charge is -2.26. The predicted molar refractivity (Wildman–Crippen MR) is 133 cm³/mol. The summed E-state index contributed by atoms with van der Waals surface area (Å²) in [5.74, 6) is 0.258. The van der Waals surface area contributed by atoms with Gasteiger partial charge in [-0.15, -0.1) is 0 Å². The summed E-state index contributed by atoms with van der Waals surface area (Å²) >= 11 is 1.26. The number of aliphatic imine (C=N–C) groups is 2. The number of carbonyl (C=O) groups is 2. The zero-order valence-electron chi connectivity index (χ0n) is 18.2. The van der Waals surface area contributed by atoms with Crippen LogP contribution in [0.4, 0.5) is 11.4 Å². The Kier molecular flexibility index (Phi) is 5.56.